The number of nitro groups is 1. The summed E-state index contributed by atoms with van der Waals surface area (Å²) in [6.07, 6.45) is 0.779. The third kappa shape index (κ3) is 6.51. The second-order valence-electron chi connectivity index (χ2n) is 3.94. The van der Waals surface area contributed by atoms with Crippen molar-refractivity contribution in [3.63, 3.8) is 0 Å². The minimum atomic E-state index is -0.600. The topological polar surface area (TPSA) is 75.4 Å². The van der Waals surface area contributed by atoms with Gasteiger partial charge in [0.1, 0.15) is 5.82 Å². The van der Waals surface area contributed by atoms with Gasteiger partial charge in [0.2, 0.25) is 0 Å². The Morgan fingerprint density at radius 2 is 2.16 bits per heavy atom. The molecule has 0 aromatic heterocycles. The molecule has 0 radical (unpaired) electrons. The summed E-state index contributed by atoms with van der Waals surface area (Å²) in [5.74, 6) is 1.20. The second kappa shape index (κ2) is 8.84. The van der Waals surface area contributed by atoms with Crippen molar-refractivity contribution in [2.45, 2.75) is 13.0 Å². The van der Waals surface area contributed by atoms with E-state index in [0.717, 1.165) is 30.5 Å². The van der Waals surface area contributed by atoms with Crippen molar-refractivity contribution >= 4 is 17.4 Å². The quantitative estimate of drug-likeness (QED) is 0.412. The summed E-state index contributed by atoms with van der Waals surface area (Å²) < 4.78 is 13.1. The highest BCUT2D eigenvalue weighted by molar-refractivity contribution is 7.99. The Morgan fingerprint density at radius 1 is 1.37 bits per heavy atom. The molecule has 0 spiro atoms. The molecular formula is C12H17FN2O3S. The maximum Gasteiger partial charge on any atom is 0.272 e. The SMILES string of the molecule is O=[N+]([O-])c1cc(F)cc(CNCCSCCCO)c1. The van der Waals surface area contributed by atoms with Crippen LogP contribution in [0.5, 0.6) is 0 Å². The summed E-state index contributed by atoms with van der Waals surface area (Å²) in [4.78, 5) is 9.98. The minimum Gasteiger partial charge on any atom is -0.396 e. The van der Waals surface area contributed by atoms with Crippen LogP contribution in [-0.2, 0) is 6.54 Å². The molecule has 0 heterocycles. The van der Waals surface area contributed by atoms with Crippen molar-refractivity contribution < 1.29 is 14.4 Å². The first kappa shape index (κ1) is 15.9. The van der Waals surface area contributed by atoms with Crippen molar-refractivity contribution in [1.82, 2.24) is 5.32 Å². The Morgan fingerprint density at radius 3 is 2.84 bits per heavy atom. The van der Waals surface area contributed by atoms with E-state index in [1.165, 1.54) is 12.1 Å². The van der Waals surface area contributed by atoms with Crippen molar-refractivity contribution in [2.75, 3.05) is 24.7 Å². The zero-order chi connectivity index (χ0) is 14.1. The lowest BCUT2D eigenvalue weighted by atomic mass is 10.2. The highest BCUT2D eigenvalue weighted by Crippen LogP contribution is 2.16. The number of aliphatic hydroxyl groups excluding tert-OH is 1. The van der Waals surface area contributed by atoms with Gasteiger partial charge < -0.3 is 10.4 Å². The van der Waals surface area contributed by atoms with Gasteiger partial charge in [0.05, 0.1) is 11.0 Å². The summed E-state index contributed by atoms with van der Waals surface area (Å²) in [6.45, 7) is 1.34. The van der Waals surface area contributed by atoms with Gasteiger partial charge in [-0.2, -0.15) is 11.8 Å². The van der Waals surface area contributed by atoms with Crippen LogP contribution in [0.4, 0.5) is 10.1 Å². The summed E-state index contributed by atoms with van der Waals surface area (Å²) in [6, 6.07) is 3.57. The van der Waals surface area contributed by atoms with Gasteiger partial charge in [-0.25, -0.2) is 4.39 Å². The van der Waals surface area contributed by atoms with E-state index in [4.69, 9.17) is 5.11 Å². The summed E-state index contributed by atoms with van der Waals surface area (Å²) in [7, 11) is 0. The number of aliphatic hydroxyl groups is 1. The van der Waals surface area contributed by atoms with Crippen LogP contribution >= 0.6 is 11.8 Å². The number of hydrogen-bond donors (Lipinski definition) is 2. The fourth-order valence-corrected chi connectivity index (χ4v) is 2.31. The molecule has 0 saturated carbocycles. The molecular weight excluding hydrogens is 271 g/mol. The molecule has 1 aromatic carbocycles. The lowest BCUT2D eigenvalue weighted by molar-refractivity contribution is -0.385. The third-order valence-electron chi connectivity index (χ3n) is 2.35. The molecule has 19 heavy (non-hydrogen) atoms. The van der Waals surface area contributed by atoms with Crippen LogP contribution in [0.3, 0.4) is 0 Å². The fourth-order valence-electron chi connectivity index (χ4n) is 1.49. The molecule has 0 amide bonds. The number of benzene rings is 1. The minimum absolute atomic E-state index is 0.202. The lowest BCUT2D eigenvalue weighted by Gasteiger charge is -2.05. The van der Waals surface area contributed by atoms with Gasteiger partial charge in [0.15, 0.2) is 0 Å². The van der Waals surface area contributed by atoms with Crippen LogP contribution in [0.2, 0.25) is 0 Å². The van der Waals surface area contributed by atoms with E-state index in [1.54, 1.807) is 11.8 Å². The predicted molar refractivity (Wildman–Crippen MR) is 73.8 cm³/mol. The van der Waals surface area contributed by atoms with Crippen LogP contribution in [0, 0.1) is 15.9 Å². The van der Waals surface area contributed by atoms with Crippen molar-refractivity contribution in [2.24, 2.45) is 0 Å². The molecule has 0 bridgehead atoms. The molecule has 0 aliphatic carbocycles. The van der Waals surface area contributed by atoms with E-state index in [9.17, 15) is 14.5 Å². The maximum atomic E-state index is 13.1. The standard InChI is InChI=1S/C12H17FN2O3S/c13-11-6-10(7-12(8-11)15(17)18)9-14-2-5-19-4-1-3-16/h6-8,14,16H,1-5,9H2. The summed E-state index contributed by atoms with van der Waals surface area (Å²) in [5, 5.41) is 22.3. The lowest BCUT2D eigenvalue weighted by Crippen LogP contribution is -2.17. The van der Waals surface area contributed by atoms with E-state index in [2.05, 4.69) is 5.32 Å². The largest absolute Gasteiger partial charge is 0.396 e. The van der Waals surface area contributed by atoms with E-state index in [-0.39, 0.29) is 12.3 Å². The molecule has 0 aliphatic heterocycles. The van der Waals surface area contributed by atoms with E-state index in [1.807, 2.05) is 0 Å². The van der Waals surface area contributed by atoms with Crippen LogP contribution in [-0.4, -0.2) is 34.7 Å². The zero-order valence-electron chi connectivity index (χ0n) is 10.5. The van der Waals surface area contributed by atoms with Crippen molar-refractivity contribution in [3.05, 3.63) is 39.7 Å². The van der Waals surface area contributed by atoms with Gasteiger partial charge >= 0.3 is 0 Å². The Bertz CT molecular complexity index is 418. The van der Waals surface area contributed by atoms with Crippen LogP contribution in [0.25, 0.3) is 0 Å². The first-order valence-electron chi connectivity index (χ1n) is 5.96. The van der Waals surface area contributed by atoms with Gasteiger partial charge in [0, 0.05) is 31.5 Å². The molecule has 1 aromatic rings. The smallest absolute Gasteiger partial charge is 0.272 e. The van der Waals surface area contributed by atoms with Crippen molar-refractivity contribution in [3.8, 4) is 0 Å². The van der Waals surface area contributed by atoms with Crippen LogP contribution < -0.4 is 5.32 Å². The number of halogens is 1. The first-order valence-corrected chi connectivity index (χ1v) is 7.12. The monoisotopic (exact) mass is 288 g/mol. The van der Waals surface area contributed by atoms with Crippen LogP contribution in [0.15, 0.2) is 18.2 Å². The Balaban J connectivity index is 2.31. The molecule has 0 fully saturated rings. The number of thioether (sulfide) groups is 1. The van der Waals surface area contributed by atoms with Crippen molar-refractivity contribution in [1.29, 1.82) is 0 Å². The first-order chi connectivity index (χ1) is 9.13. The molecule has 0 aliphatic rings. The molecule has 2 N–H and O–H groups in total. The molecule has 106 valence electrons. The Labute approximate surface area is 115 Å². The second-order valence-corrected chi connectivity index (χ2v) is 5.17. The highest BCUT2D eigenvalue weighted by Gasteiger charge is 2.09. The molecule has 0 unspecified atom stereocenters. The number of rotatable bonds is 9. The molecule has 0 atom stereocenters. The normalized spacial score (nSPS) is 10.6. The number of nitro benzene ring substituents is 1. The Hall–Kier alpha value is -1.18. The highest BCUT2D eigenvalue weighted by atomic mass is 32.2. The summed E-state index contributed by atoms with van der Waals surface area (Å²) in [5.41, 5.74) is 0.334. The van der Waals surface area contributed by atoms with Gasteiger partial charge in [-0.1, -0.05) is 0 Å². The zero-order valence-corrected chi connectivity index (χ0v) is 11.3. The maximum absolute atomic E-state index is 13.1. The number of nitrogens with one attached hydrogen (secondary N) is 1. The number of non-ortho nitro benzene ring substituents is 1. The average molecular weight is 288 g/mol. The number of nitrogens with zero attached hydrogens (tertiary/aromatic N) is 1. The van der Waals surface area contributed by atoms with Gasteiger partial charge in [-0.05, 0) is 23.8 Å². The molecule has 0 saturated heterocycles. The van der Waals surface area contributed by atoms with E-state index >= 15 is 0 Å². The fraction of sp³-hybridized carbons (Fsp3) is 0.500. The number of hydrogen-bond acceptors (Lipinski definition) is 5. The molecule has 1 rings (SSSR count). The molecule has 7 heteroatoms. The third-order valence-corrected chi connectivity index (χ3v) is 3.42. The van der Waals surface area contributed by atoms with Gasteiger partial charge in [-0.15, -0.1) is 0 Å². The van der Waals surface area contributed by atoms with Crippen LogP contribution in [0.1, 0.15) is 12.0 Å². The van der Waals surface area contributed by atoms with Gasteiger partial charge in [0.25, 0.3) is 5.69 Å². The van der Waals surface area contributed by atoms with Gasteiger partial charge in [-0.3, -0.25) is 10.1 Å². The molecule has 5 nitrogen and oxygen atoms in total. The van der Waals surface area contributed by atoms with E-state index < -0.39 is 10.7 Å². The Kier molecular flexibility index (Phi) is 7.39. The average Bonchev–Trinajstić information content (AvgIpc) is 2.37. The summed E-state index contributed by atoms with van der Waals surface area (Å²) >= 11 is 1.72. The van der Waals surface area contributed by atoms with E-state index in [0.29, 0.717) is 12.1 Å². The predicted octanol–water partition coefficient (Wildman–Crippen LogP) is 1.94.